The van der Waals surface area contributed by atoms with E-state index in [1.165, 1.54) is 6.07 Å². The predicted octanol–water partition coefficient (Wildman–Crippen LogP) is 3.95. The molecule has 0 bridgehead atoms. The van der Waals surface area contributed by atoms with Crippen LogP contribution in [0.5, 0.6) is 0 Å². The fourth-order valence-electron chi connectivity index (χ4n) is 0.875. The highest BCUT2D eigenvalue weighted by molar-refractivity contribution is 7.98. The molecule has 0 aliphatic rings. The maximum absolute atomic E-state index is 13.1. The monoisotopic (exact) mass is 238 g/mol. The Kier molecular flexibility index (Phi) is 4.92. The van der Waals surface area contributed by atoms with E-state index >= 15 is 0 Å². The Hall–Kier alpha value is 0.0800. The van der Waals surface area contributed by atoms with Crippen LogP contribution in [0.4, 0.5) is 4.39 Å². The number of benzene rings is 1. The lowest BCUT2D eigenvalue weighted by atomic mass is 10.2. The van der Waals surface area contributed by atoms with Gasteiger partial charge in [-0.25, -0.2) is 4.39 Å². The van der Waals surface area contributed by atoms with Crippen LogP contribution >= 0.6 is 35.0 Å². The van der Waals surface area contributed by atoms with Gasteiger partial charge in [0.25, 0.3) is 0 Å². The molecule has 0 heterocycles. The zero-order chi connectivity index (χ0) is 9.68. The second-order valence-electron chi connectivity index (χ2n) is 2.48. The molecule has 0 N–H and O–H groups in total. The van der Waals surface area contributed by atoms with E-state index in [4.69, 9.17) is 23.2 Å². The van der Waals surface area contributed by atoms with Crippen molar-refractivity contribution in [1.82, 2.24) is 0 Å². The molecule has 0 nitrogen and oxygen atoms in total. The smallest absolute Gasteiger partial charge is 0.128 e. The van der Waals surface area contributed by atoms with Crippen molar-refractivity contribution in [3.63, 3.8) is 0 Å². The van der Waals surface area contributed by atoms with E-state index < -0.39 is 0 Å². The van der Waals surface area contributed by atoms with Gasteiger partial charge in [-0.15, -0.1) is 11.6 Å². The molecule has 1 aromatic carbocycles. The minimum atomic E-state index is -0.241. The predicted molar refractivity (Wildman–Crippen MR) is 58.3 cm³/mol. The van der Waals surface area contributed by atoms with Crippen molar-refractivity contribution in [2.24, 2.45) is 0 Å². The Morgan fingerprint density at radius 3 is 2.77 bits per heavy atom. The van der Waals surface area contributed by atoms with Crippen molar-refractivity contribution in [3.05, 3.63) is 34.6 Å². The van der Waals surface area contributed by atoms with Gasteiger partial charge >= 0.3 is 0 Å². The first-order valence-electron chi connectivity index (χ1n) is 3.81. The van der Waals surface area contributed by atoms with Gasteiger partial charge in [0.2, 0.25) is 0 Å². The summed E-state index contributed by atoms with van der Waals surface area (Å²) in [6.07, 6.45) is 0. The molecule has 0 radical (unpaired) electrons. The van der Waals surface area contributed by atoms with Gasteiger partial charge in [-0.1, -0.05) is 17.7 Å². The summed E-state index contributed by atoms with van der Waals surface area (Å²) >= 11 is 12.7. The van der Waals surface area contributed by atoms with E-state index in [-0.39, 0.29) is 5.82 Å². The van der Waals surface area contributed by atoms with E-state index in [0.29, 0.717) is 22.2 Å². The lowest BCUT2D eigenvalue weighted by Gasteiger charge is -2.02. The Bertz CT molecular complexity index is 278. The summed E-state index contributed by atoms with van der Waals surface area (Å²) in [7, 11) is 0. The minimum absolute atomic E-state index is 0.241. The third-order valence-corrected chi connectivity index (χ3v) is 3.15. The van der Waals surface area contributed by atoms with Gasteiger partial charge in [0.15, 0.2) is 0 Å². The van der Waals surface area contributed by atoms with Gasteiger partial charge in [-0.3, -0.25) is 0 Å². The molecule has 4 heteroatoms. The van der Waals surface area contributed by atoms with Crippen LogP contribution in [0.2, 0.25) is 5.02 Å². The molecule has 0 spiro atoms. The maximum Gasteiger partial charge on any atom is 0.128 e. The lowest BCUT2D eigenvalue weighted by molar-refractivity contribution is 0.617. The average Bonchev–Trinajstić information content (AvgIpc) is 2.09. The van der Waals surface area contributed by atoms with Gasteiger partial charge in [-0.05, 0) is 17.7 Å². The SMILES string of the molecule is Fc1cc(Cl)ccc1CSCCCl. The lowest BCUT2D eigenvalue weighted by Crippen LogP contribution is -1.89. The summed E-state index contributed by atoms with van der Waals surface area (Å²) in [5.74, 6) is 1.84. The molecule has 1 aromatic rings. The van der Waals surface area contributed by atoms with Crippen LogP contribution in [0, 0.1) is 5.82 Å². The fraction of sp³-hybridized carbons (Fsp3) is 0.333. The first-order chi connectivity index (χ1) is 6.24. The zero-order valence-electron chi connectivity index (χ0n) is 6.90. The van der Waals surface area contributed by atoms with Crippen LogP contribution in [-0.2, 0) is 5.75 Å². The molecule has 0 saturated heterocycles. The minimum Gasteiger partial charge on any atom is -0.207 e. The normalized spacial score (nSPS) is 10.4. The van der Waals surface area contributed by atoms with Crippen molar-refractivity contribution in [2.45, 2.75) is 5.75 Å². The fourth-order valence-corrected chi connectivity index (χ4v) is 2.07. The van der Waals surface area contributed by atoms with Crippen LogP contribution in [0.3, 0.4) is 0 Å². The summed E-state index contributed by atoms with van der Waals surface area (Å²) in [5.41, 5.74) is 0.680. The van der Waals surface area contributed by atoms with Gasteiger partial charge in [-0.2, -0.15) is 11.8 Å². The van der Waals surface area contributed by atoms with Crippen LogP contribution in [0.1, 0.15) is 5.56 Å². The molecule has 0 amide bonds. The zero-order valence-corrected chi connectivity index (χ0v) is 9.22. The van der Waals surface area contributed by atoms with Crippen LogP contribution in [-0.4, -0.2) is 11.6 Å². The van der Waals surface area contributed by atoms with E-state index in [1.807, 2.05) is 0 Å². The number of rotatable bonds is 4. The number of hydrogen-bond donors (Lipinski definition) is 0. The third-order valence-electron chi connectivity index (χ3n) is 1.49. The number of halogens is 3. The van der Waals surface area contributed by atoms with Gasteiger partial charge in [0, 0.05) is 22.4 Å². The molecule has 0 aliphatic carbocycles. The Morgan fingerprint density at radius 2 is 2.15 bits per heavy atom. The largest absolute Gasteiger partial charge is 0.207 e. The molecule has 0 atom stereocenters. The molecular formula is C9H9Cl2FS. The van der Waals surface area contributed by atoms with Crippen LogP contribution in [0.25, 0.3) is 0 Å². The first kappa shape index (κ1) is 11.2. The van der Waals surface area contributed by atoms with Crippen molar-refractivity contribution in [3.8, 4) is 0 Å². The van der Waals surface area contributed by atoms with Crippen molar-refractivity contribution >= 4 is 35.0 Å². The third kappa shape index (κ3) is 3.75. The van der Waals surface area contributed by atoms with E-state index in [0.717, 1.165) is 5.75 Å². The number of alkyl halides is 1. The molecule has 0 fully saturated rings. The molecule has 0 aliphatic heterocycles. The van der Waals surface area contributed by atoms with Gasteiger partial charge in [0.1, 0.15) is 5.82 Å². The molecule has 1 rings (SSSR count). The van der Waals surface area contributed by atoms with Crippen molar-refractivity contribution in [1.29, 1.82) is 0 Å². The molecule has 0 saturated carbocycles. The summed E-state index contributed by atoms with van der Waals surface area (Å²) in [6, 6.07) is 4.73. The highest BCUT2D eigenvalue weighted by atomic mass is 35.5. The topological polar surface area (TPSA) is 0 Å². The number of thioether (sulfide) groups is 1. The molecule has 13 heavy (non-hydrogen) atoms. The average molecular weight is 239 g/mol. The molecule has 0 aromatic heterocycles. The second kappa shape index (κ2) is 5.74. The summed E-state index contributed by atoms with van der Waals surface area (Å²) in [5, 5.41) is 0.434. The maximum atomic E-state index is 13.1. The first-order valence-corrected chi connectivity index (χ1v) is 5.88. The van der Waals surface area contributed by atoms with E-state index in [9.17, 15) is 4.39 Å². The second-order valence-corrected chi connectivity index (χ2v) is 4.40. The molecule has 72 valence electrons. The Morgan fingerprint density at radius 1 is 1.38 bits per heavy atom. The Balaban J connectivity index is 2.56. The van der Waals surface area contributed by atoms with E-state index in [2.05, 4.69) is 0 Å². The summed E-state index contributed by atoms with van der Waals surface area (Å²) in [4.78, 5) is 0. The quantitative estimate of drug-likeness (QED) is 0.566. The summed E-state index contributed by atoms with van der Waals surface area (Å²) in [6.45, 7) is 0. The highest BCUT2D eigenvalue weighted by Crippen LogP contribution is 2.19. The highest BCUT2D eigenvalue weighted by Gasteiger charge is 2.02. The van der Waals surface area contributed by atoms with Crippen molar-refractivity contribution in [2.75, 3.05) is 11.6 Å². The van der Waals surface area contributed by atoms with Crippen LogP contribution < -0.4 is 0 Å². The standard InChI is InChI=1S/C9H9Cl2FS/c10-3-4-13-6-7-1-2-8(11)5-9(7)12/h1-2,5H,3-4,6H2. The molecule has 0 unspecified atom stereocenters. The summed E-state index contributed by atoms with van der Waals surface area (Å²) < 4.78 is 13.1. The Labute approximate surface area is 91.4 Å². The van der Waals surface area contributed by atoms with Gasteiger partial charge < -0.3 is 0 Å². The molecular weight excluding hydrogens is 230 g/mol. The van der Waals surface area contributed by atoms with Crippen molar-refractivity contribution < 1.29 is 4.39 Å². The van der Waals surface area contributed by atoms with Crippen LogP contribution in [0.15, 0.2) is 18.2 Å². The van der Waals surface area contributed by atoms with E-state index in [1.54, 1.807) is 23.9 Å². The van der Waals surface area contributed by atoms with Gasteiger partial charge in [0.05, 0.1) is 0 Å². The number of hydrogen-bond acceptors (Lipinski definition) is 1.